The van der Waals surface area contributed by atoms with Crippen molar-refractivity contribution in [3.05, 3.63) is 32.4 Å². The highest BCUT2D eigenvalue weighted by atomic mass is 127. The first-order valence-electron chi connectivity index (χ1n) is 5.53. The lowest BCUT2D eigenvalue weighted by Gasteiger charge is -2.21. The van der Waals surface area contributed by atoms with Gasteiger partial charge in [0.2, 0.25) is 0 Å². The average Bonchev–Trinajstić information content (AvgIpc) is 2.11. The maximum Gasteiger partial charge on any atom is 0.416 e. The number of esters is 1. The van der Waals surface area contributed by atoms with Crippen molar-refractivity contribution in [1.29, 1.82) is 0 Å². The Morgan fingerprint density at radius 1 is 1.21 bits per heavy atom. The van der Waals surface area contributed by atoms with E-state index in [-0.39, 0.29) is 11.1 Å². The highest BCUT2D eigenvalue weighted by molar-refractivity contribution is 14.1. The third-order valence-corrected chi connectivity index (χ3v) is 3.22. The van der Waals surface area contributed by atoms with Gasteiger partial charge in [0.15, 0.2) is 0 Å². The van der Waals surface area contributed by atoms with Crippen molar-refractivity contribution >= 4 is 28.6 Å². The summed E-state index contributed by atoms with van der Waals surface area (Å²) in [5.74, 6) is -0.736. The molecule has 0 N–H and O–H groups in total. The van der Waals surface area contributed by atoms with Gasteiger partial charge in [0.1, 0.15) is 5.60 Å². The second-order valence-corrected chi connectivity index (χ2v) is 6.26. The number of carbonyl (C=O) groups excluding carboxylic acids is 1. The van der Waals surface area contributed by atoms with E-state index in [1.807, 2.05) is 22.6 Å². The topological polar surface area (TPSA) is 26.3 Å². The minimum Gasteiger partial charge on any atom is -0.456 e. The van der Waals surface area contributed by atoms with E-state index in [1.165, 1.54) is 13.0 Å². The van der Waals surface area contributed by atoms with Gasteiger partial charge in [0, 0.05) is 3.57 Å². The SMILES string of the molecule is Cc1c(C(F)(F)F)ccc(I)c1C(=O)OC(C)(C)C. The number of alkyl halides is 3. The molecule has 0 fully saturated rings. The largest absolute Gasteiger partial charge is 0.456 e. The molecule has 0 aromatic heterocycles. The first kappa shape index (κ1) is 16.3. The van der Waals surface area contributed by atoms with Crippen LogP contribution in [0.1, 0.15) is 42.3 Å². The van der Waals surface area contributed by atoms with Crippen LogP contribution >= 0.6 is 22.6 Å². The van der Waals surface area contributed by atoms with E-state index in [9.17, 15) is 18.0 Å². The number of hydrogen-bond acceptors (Lipinski definition) is 2. The van der Waals surface area contributed by atoms with Crippen LogP contribution in [0.3, 0.4) is 0 Å². The Labute approximate surface area is 123 Å². The number of benzene rings is 1. The molecule has 2 nitrogen and oxygen atoms in total. The molecule has 1 aromatic carbocycles. The van der Waals surface area contributed by atoms with Crippen molar-refractivity contribution in [3.63, 3.8) is 0 Å². The van der Waals surface area contributed by atoms with Gasteiger partial charge in [-0.1, -0.05) is 0 Å². The Bertz CT molecular complexity index is 502. The van der Waals surface area contributed by atoms with Crippen molar-refractivity contribution in [2.24, 2.45) is 0 Å². The zero-order valence-corrected chi connectivity index (χ0v) is 13.1. The Kier molecular flexibility index (Phi) is 4.54. The number of ether oxygens (including phenoxy) is 1. The quantitative estimate of drug-likeness (QED) is 0.522. The minimum absolute atomic E-state index is 0.0228. The van der Waals surface area contributed by atoms with Crippen molar-refractivity contribution in [1.82, 2.24) is 0 Å². The van der Waals surface area contributed by atoms with Crippen LogP contribution in [0.15, 0.2) is 12.1 Å². The van der Waals surface area contributed by atoms with Crippen molar-refractivity contribution in [3.8, 4) is 0 Å². The lowest BCUT2D eigenvalue weighted by atomic mass is 10.0. The molecule has 19 heavy (non-hydrogen) atoms. The summed E-state index contributed by atoms with van der Waals surface area (Å²) in [4.78, 5) is 12.0. The maximum absolute atomic E-state index is 12.8. The molecular weight excluding hydrogens is 372 g/mol. The van der Waals surface area contributed by atoms with Crippen LogP contribution in [0, 0.1) is 10.5 Å². The highest BCUT2D eigenvalue weighted by Gasteiger charge is 2.35. The van der Waals surface area contributed by atoms with E-state index in [1.54, 1.807) is 20.8 Å². The van der Waals surface area contributed by atoms with Gasteiger partial charge in [-0.3, -0.25) is 0 Å². The van der Waals surface area contributed by atoms with Gasteiger partial charge >= 0.3 is 12.1 Å². The zero-order chi connectivity index (χ0) is 15.0. The van der Waals surface area contributed by atoms with Gasteiger partial charge in [0.25, 0.3) is 0 Å². The fraction of sp³-hybridized carbons (Fsp3) is 0.462. The third kappa shape index (κ3) is 4.09. The van der Waals surface area contributed by atoms with Crippen LogP contribution in [-0.4, -0.2) is 11.6 Å². The molecule has 0 aliphatic rings. The number of rotatable bonds is 1. The van der Waals surface area contributed by atoms with E-state index in [0.29, 0.717) is 3.57 Å². The fourth-order valence-corrected chi connectivity index (χ4v) is 2.37. The smallest absolute Gasteiger partial charge is 0.416 e. The van der Waals surface area contributed by atoms with Crippen LogP contribution in [0.4, 0.5) is 13.2 Å². The van der Waals surface area contributed by atoms with Gasteiger partial charge in [-0.05, 0) is 68.0 Å². The molecule has 0 bridgehead atoms. The Balaban J connectivity index is 3.32. The standard InChI is InChI=1S/C13H14F3IO2/c1-7-8(13(14,15)16)5-6-9(17)10(7)11(18)19-12(2,3)4/h5-6H,1-4H3. The molecule has 0 heterocycles. The molecule has 0 saturated carbocycles. The Morgan fingerprint density at radius 2 is 1.74 bits per heavy atom. The summed E-state index contributed by atoms with van der Waals surface area (Å²) in [6.07, 6.45) is -4.48. The van der Waals surface area contributed by atoms with Crippen molar-refractivity contribution in [2.45, 2.75) is 39.5 Å². The maximum atomic E-state index is 12.8. The second-order valence-electron chi connectivity index (χ2n) is 5.09. The summed E-state index contributed by atoms with van der Waals surface area (Å²) >= 11 is 1.83. The Morgan fingerprint density at radius 3 is 2.16 bits per heavy atom. The van der Waals surface area contributed by atoms with Crippen LogP contribution in [-0.2, 0) is 10.9 Å². The van der Waals surface area contributed by atoms with E-state index in [2.05, 4.69) is 0 Å². The predicted octanol–water partition coefficient (Wildman–Crippen LogP) is 4.57. The molecule has 0 atom stereocenters. The normalized spacial score (nSPS) is 12.4. The lowest BCUT2D eigenvalue weighted by molar-refractivity contribution is -0.138. The lowest BCUT2D eigenvalue weighted by Crippen LogP contribution is -2.25. The van der Waals surface area contributed by atoms with E-state index in [0.717, 1.165) is 6.07 Å². The summed E-state index contributed by atoms with van der Waals surface area (Å²) in [5, 5.41) is 0. The van der Waals surface area contributed by atoms with Crippen LogP contribution in [0.2, 0.25) is 0 Å². The van der Waals surface area contributed by atoms with Crippen molar-refractivity contribution in [2.75, 3.05) is 0 Å². The molecule has 0 aliphatic heterocycles. The van der Waals surface area contributed by atoms with Crippen molar-refractivity contribution < 1.29 is 22.7 Å². The molecule has 6 heteroatoms. The van der Waals surface area contributed by atoms with E-state index < -0.39 is 23.3 Å². The number of carbonyl (C=O) groups is 1. The molecule has 1 rings (SSSR count). The highest BCUT2D eigenvalue weighted by Crippen LogP contribution is 2.35. The van der Waals surface area contributed by atoms with Gasteiger partial charge in [-0.25, -0.2) is 4.79 Å². The molecular formula is C13H14F3IO2. The average molecular weight is 386 g/mol. The van der Waals surface area contributed by atoms with Crippen LogP contribution in [0.25, 0.3) is 0 Å². The summed E-state index contributed by atoms with van der Waals surface area (Å²) in [7, 11) is 0. The zero-order valence-electron chi connectivity index (χ0n) is 11.0. The van der Waals surface area contributed by atoms with Gasteiger partial charge in [-0.2, -0.15) is 13.2 Å². The van der Waals surface area contributed by atoms with Gasteiger partial charge in [0.05, 0.1) is 11.1 Å². The van der Waals surface area contributed by atoms with E-state index >= 15 is 0 Å². The first-order chi connectivity index (χ1) is 8.43. The van der Waals surface area contributed by atoms with Gasteiger partial charge < -0.3 is 4.74 Å². The molecule has 0 unspecified atom stereocenters. The summed E-state index contributed by atoms with van der Waals surface area (Å²) < 4.78 is 44.0. The summed E-state index contributed by atoms with van der Waals surface area (Å²) in [6.45, 7) is 6.28. The predicted molar refractivity (Wildman–Crippen MR) is 74.1 cm³/mol. The third-order valence-electron chi connectivity index (χ3n) is 2.32. The first-order valence-corrected chi connectivity index (χ1v) is 6.61. The summed E-state index contributed by atoms with van der Waals surface area (Å²) in [6, 6.07) is 2.25. The number of hydrogen-bond donors (Lipinski definition) is 0. The molecule has 0 radical (unpaired) electrons. The molecule has 1 aromatic rings. The van der Waals surface area contributed by atoms with Crippen LogP contribution < -0.4 is 0 Å². The van der Waals surface area contributed by atoms with Gasteiger partial charge in [-0.15, -0.1) is 0 Å². The van der Waals surface area contributed by atoms with E-state index in [4.69, 9.17) is 4.74 Å². The number of halogens is 4. The molecule has 106 valence electrons. The molecule has 0 spiro atoms. The fourth-order valence-electron chi connectivity index (χ4n) is 1.57. The second kappa shape index (κ2) is 5.30. The molecule has 0 amide bonds. The minimum atomic E-state index is -4.48. The molecule has 0 aliphatic carbocycles. The van der Waals surface area contributed by atoms with Crippen LogP contribution in [0.5, 0.6) is 0 Å². The Hall–Kier alpha value is -0.790. The monoisotopic (exact) mass is 386 g/mol. The molecule has 0 saturated heterocycles. The summed E-state index contributed by atoms with van der Waals surface area (Å²) in [5.41, 5.74) is -1.69.